The molecule has 0 bridgehead atoms. The summed E-state index contributed by atoms with van der Waals surface area (Å²) >= 11 is 18.4. The Bertz CT molecular complexity index is 5390. The van der Waals surface area contributed by atoms with Crippen LogP contribution in [0.4, 0.5) is 17.1 Å². The Morgan fingerprint density at radius 2 is 0.718 bits per heavy atom. The molecule has 2 aliphatic carbocycles. The van der Waals surface area contributed by atoms with E-state index in [0.717, 1.165) is 47.8 Å². The van der Waals surface area contributed by atoms with Crippen LogP contribution in [0, 0.1) is 10.8 Å². The minimum absolute atomic E-state index is 0.0467. The smallest absolute Gasteiger partial charge is 0.193 e. The maximum absolute atomic E-state index is 10.7. The number of thiophene rings is 9. The molecular formula is C96H110BrNO5S9Si4Sn. The van der Waals surface area contributed by atoms with Crippen molar-refractivity contribution in [2.45, 2.75) is 146 Å². The number of rotatable bonds is 15. The number of carbonyl (C=O) groups is 1. The zero-order valence-corrected chi connectivity index (χ0v) is 86.6. The van der Waals surface area contributed by atoms with Gasteiger partial charge in [-0.15, -0.1) is 22.7 Å². The van der Waals surface area contributed by atoms with Crippen LogP contribution in [0.25, 0.3) is 22.3 Å². The molecule has 0 amide bonds. The number of hydrogen-bond acceptors (Lipinski definition) is 15. The van der Waals surface area contributed by atoms with Gasteiger partial charge in [-0.3, -0.25) is 4.79 Å². The van der Waals surface area contributed by atoms with Crippen molar-refractivity contribution >= 4 is 231 Å². The quantitative estimate of drug-likeness (QED) is 0.0753. The van der Waals surface area contributed by atoms with E-state index in [1.54, 1.807) is 39.1 Å². The summed E-state index contributed by atoms with van der Waals surface area (Å²) in [6.45, 7) is 40.5. The third-order valence-electron chi connectivity index (χ3n) is 22.5. The van der Waals surface area contributed by atoms with E-state index in [1.165, 1.54) is 88.1 Å². The SMILES string of the molecule is CC1(C)COC(c2ccc([Si](C)(C)c3cc[c]([Sn]([CH3])([CH3])[CH3])s3)s2)OC1.CC1(C)COC(c2ccc([Si](C)(C)c3cccs3)s2)OC1.CC1(C)c2ccccc2-c2ccc(N(c3ccc(Br)cc3)c3ccc4c(c3)C(C)(C)c3ccccc3-4)cc21.C[Si](C)(c1cccs1)c1ccc(C=O)s1.C[Si](C)(c1cccs1)c1cccs1.c1ccsc1. The molecule has 0 N–H and O–H groups in total. The van der Waals surface area contributed by atoms with Gasteiger partial charge in [-0.25, -0.2) is 0 Å². The van der Waals surface area contributed by atoms with Gasteiger partial charge in [0.05, 0.1) is 23.0 Å². The summed E-state index contributed by atoms with van der Waals surface area (Å²) in [4.78, 5) is 23.8. The van der Waals surface area contributed by atoms with E-state index in [-0.39, 0.29) is 34.2 Å². The summed E-state index contributed by atoms with van der Waals surface area (Å²) in [5, 5.41) is 12.7. The molecule has 9 aromatic heterocycles. The molecular weight excluding hydrogens is 1850 g/mol. The van der Waals surface area contributed by atoms with Crippen LogP contribution >= 0.6 is 118 Å². The standard InChI is InChI=1S/C36H30BrN.C16H22O2S2Si.C16H21O2S2Si.C11H12OS2Si.C10H12S2Si.C4H4S.3CH3.Sn/c1-35(2)31-11-7-5-9-27(31)29-19-17-25(21-33(29)35)38(24-15-13-23(37)14-16-24)26-18-20-30-28-10-6-8-12-32(28)36(3,4)34(30)22-26;2*1-16(2)10-17-15(18-11-16)12-7-8-14(20-12)21(3,4)13-6-5-9-19-13;1-15(2,10-4-3-7-13-10)11-6-5-9(8-12)14-11;1-13(2,9-5-3-7-11-9)10-6-4-8-12-10;1-2-4-5-3-1;;;;/h5-22H,1-4H3;5-9,15H,10-11H2,1-4H3;5-8,15H,10-11H2,1-4H3;3-8H,1-2H3;3-8H,1-2H3;1-4H;3*1H3;. The first-order valence-electron chi connectivity index (χ1n) is 40.0. The Hall–Kier alpha value is -5.14. The maximum atomic E-state index is 10.7. The van der Waals surface area contributed by atoms with Crippen LogP contribution in [0.15, 0.2) is 255 Å². The van der Waals surface area contributed by atoms with E-state index in [4.69, 9.17) is 18.9 Å². The number of aldehydes is 1. The second kappa shape index (κ2) is 37.1. The molecule has 0 spiro atoms. The van der Waals surface area contributed by atoms with E-state index in [9.17, 15) is 4.79 Å². The van der Waals surface area contributed by atoms with Gasteiger partial charge in [0.25, 0.3) is 0 Å². The van der Waals surface area contributed by atoms with Crippen LogP contribution in [0.3, 0.4) is 0 Å². The van der Waals surface area contributed by atoms with Gasteiger partial charge in [0.2, 0.25) is 0 Å². The van der Waals surface area contributed by atoms with E-state index in [0.29, 0.717) is 0 Å². The van der Waals surface area contributed by atoms with Crippen LogP contribution in [-0.2, 0) is 29.8 Å². The topological polar surface area (TPSA) is 57.2 Å². The van der Waals surface area contributed by atoms with Crippen molar-refractivity contribution in [2.75, 3.05) is 31.3 Å². The molecule has 0 atom stereocenters. The summed E-state index contributed by atoms with van der Waals surface area (Å²) < 4.78 is 38.7. The average molecular weight is 1960 g/mol. The summed E-state index contributed by atoms with van der Waals surface area (Å²) in [5.74, 6) is 0. The minimum Gasteiger partial charge on any atom is -0.347 e. The van der Waals surface area contributed by atoms with Gasteiger partial charge in [-0.1, -0.05) is 230 Å². The minimum atomic E-state index is -1.97. The molecule has 5 aromatic carbocycles. The van der Waals surface area contributed by atoms with Gasteiger partial charge in [-0.2, -0.15) is 56.7 Å². The summed E-state index contributed by atoms with van der Waals surface area (Å²) in [7, 11) is -6.01. The molecule has 2 aliphatic heterocycles. The van der Waals surface area contributed by atoms with E-state index < -0.39 is 50.7 Å². The van der Waals surface area contributed by atoms with Crippen LogP contribution in [0.1, 0.15) is 110 Å². The van der Waals surface area contributed by atoms with Gasteiger partial charge in [0.15, 0.2) is 12.6 Å². The zero-order valence-electron chi connectivity index (χ0n) is 70.8. The predicted octanol–water partition coefficient (Wildman–Crippen LogP) is 25.3. The maximum Gasteiger partial charge on any atom is 0.193 e. The number of carbonyl (C=O) groups excluding carboxylic acids is 1. The molecule has 6 nitrogen and oxygen atoms in total. The first kappa shape index (κ1) is 89.6. The normalized spacial score (nSPS) is 15.8. The fourth-order valence-electron chi connectivity index (χ4n) is 15.1. The Kier molecular flexibility index (Phi) is 28.4. The van der Waals surface area contributed by atoms with Gasteiger partial charge >= 0.3 is 166 Å². The van der Waals surface area contributed by atoms with Crippen molar-refractivity contribution in [1.29, 1.82) is 0 Å². The number of hydrogen-bond donors (Lipinski definition) is 0. The predicted molar refractivity (Wildman–Crippen MR) is 535 cm³/mol. The van der Waals surface area contributed by atoms with Crippen LogP contribution in [0.2, 0.25) is 67.2 Å². The molecule has 117 heavy (non-hydrogen) atoms. The monoisotopic (exact) mass is 1960 g/mol. The van der Waals surface area contributed by atoms with Crippen molar-refractivity contribution in [3.05, 3.63) is 292 Å². The van der Waals surface area contributed by atoms with Gasteiger partial charge in [0, 0.05) is 37.8 Å². The van der Waals surface area contributed by atoms with Crippen molar-refractivity contribution in [3.63, 3.8) is 0 Å². The van der Waals surface area contributed by atoms with E-state index >= 15 is 0 Å². The summed E-state index contributed by atoms with van der Waals surface area (Å²) in [6.07, 6.45) is 0.582. The number of ether oxygens (including phenoxy) is 4. The first-order valence-corrected chi connectivity index (χ1v) is 70.5. The molecule has 11 heterocycles. The van der Waals surface area contributed by atoms with Crippen molar-refractivity contribution in [1.82, 2.24) is 0 Å². The van der Waals surface area contributed by atoms with Crippen LogP contribution in [0.5, 0.6) is 0 Å². The van der Waals surface area contributed by atoms with E-state index in [2.05, 4.69) is 376 Å². The third kappa shape index (κ3) is 20.4. The second-order valence-electron chi connectivity index (χ2n) is 36.2. The molecule has 14 aromatic rings. The fraction of sp³-hybridized carbons (Fsp3) is 0.302. The molecule has 2 saturated heterocycles. The molecule has 18 rings (SSSR count). The van der Waals surface area contributed by atoms with Crippen LogP contribution < -0.4 is 43.8 Å². The van der Waals surface area contributed by atoms with Crippen molar-refractivity contribution in [2.24, 2.45) is 10.8 Å². The van der Waals surface area contributed by atoms with Crippen LogP contribution in [-0.4, -0.2) is 83.4 Å². The molecule has 0 saturated carbocycles. The third-order valence-corrected chi connectivity index (χ3v) is 65.5. The average Bonchev–Trinajstić information content (AvgIpc) is 1.58. The number of fused-ring (bicyclic) bond motifs is 6. The molecule has 0 radical (unpaired) electrons. The number of nitrogens with zero attached hydrogens (tertiary/aromatic N) is 1. The number of anilines is 3. The molecule has 0 unspecified atom stereocenters. The van der Waals surface area contributed by atoms with Crippen molar-refractivity contribution in [3.8, 4) is 22.3 Å². The fourth-order valence-corrected chi connectivity index (χ4v) is 46.1. The second-order valence-corrected chi connectivity index (χ2v) is 81.8. The Labute approximate surface area is 748 Å². The van der Waals surface area contributed by atoms with Gasteiger partial charge in [0.1, 0.15) is 24.2 Å². The summed E-state index contributed by atoms with van der Waals surface area (Å²) in [6, 6.07) is 79.8. The van der Waals surface area contributed by atoms with Gasteiger partial charge < -0.3 is 14.4 Å². The number of benzene rings is 5. The molecule has 610 valence electrons. The molecule has 4 aliphatic rings. The zero-order chi connectivity index (χ0) is 83.5. The Balaban J connectivity index is 0.000000131. The van der Waals surface area contributed by atoms with E-state index in [1.807, 2.05) is 97.0 Å². The van der Waals surface area contributed by atoms with Crippen molar-refractivity contribution < 1.29 is 23.7 Å². The Morgan fingerprint density at radius 1 is 0.368 bits per heavy atom. The van der Waals surface area contributed by atoms with Gasteiger partial charge in [-0.05, 0) is 164 Å². The Morgan fingerprint density at radius 3 is 1.08 bits per heavy atom. The molecule has 2 fully saturated rings. The molecule has 21 heteroatoms. The summed E-state index contributed by atoms with van der Waals surface area (Å²) in [5.41, 5.74) is 14.6. The largest absolute Gasteiger partial charge is 0.347 e. The number of halogens is 1. The first-order chi connectivity index (χ1) is 55.5.